The van der Waals surface area contributed by atoms with Crippen LogP contribution in [0.3, 0.4) is 0 Å². The van der Waals surface area contributed by atoms with Crippen LogP contribution < -0.4 is 4.74 Å². The summed E-state index contributed by atoms with van der Waals surface area (Å²) < 4.78 is 5.60. The van der Waals surface area contributed by atoms with Crippen LogP contribution in [-0.4, -0.2) is 65.4 Å². The maximum Gasteiger partial charge on any atom is 0.245 e. The van der Waals surface area contributed by atoms with E-state index in [0.29, 0.717) is 19.6 Å². The Labute approximate surface area is 147 Å². The van der Waals surface area contributed by atoms with Gasteiger partial charge in [0.05, 0.1) is 13.0 Å². The van der Waals surface area contributed by atoms with E-state index in [2.05, 4.69) is 0 Å². The van der Waals surface area contributed by atoms with Crippen LogP contribution in [0.15, 0.2) is 30.3 Å². The summed E-state index contributed by atoms with van der Waals surface area (Å²) in [5.41, 5.74) is 0. The normalized spacial score (nSPS) is 20.9. The van der Waals surface area contributed by atoms with Crippen molar-refractivity contribution in [2.45, 2.75) is 25.3 Å². The first-order valence-corrected chi connectivity index (χ1v) is 9.75. The van der Waals surface area contributed by atoms with Gasteiger partial charge in [0.1, 0.15) is 11.8 Å². The zero-order chi connectivity index (χ0) is 16.8. The van der Waals surface area contributed by atoms with Crippen molar-refractivity contribution >= 4 is 23.6 Å². The molecule has 2 amide bonds. The van der Waals surface area contributed by atoms with Crippen LogP contribution in [0.25, 0.3) is 0 Å². The van der Waals surface area contributed by atoms with Crippen LogP contribution in [0.4, 0.5) is 0 Å². The zero-order valence-corrected chi connectivity index (χ0v) is 14.7. The molecule has 0 saturated carbocycles. The van der Waals surface area contributed by atoms with Gasteiger partial charge in [-0.2, -0.15) is 11.8 Å². The summed E-state index contributed by atoms with van der Waals surface area (Å²) in [5.74, 6) is 2.91. The molecule has 1 aromatic carbocycles. The highest BCUT2D eigenvalue weighted by Gasteiger charge is 2.36. The van der Waals surface area contributed by atoms with E-state index in [4.69, 9.17) is 4.74 Å². The topological polar surface area (TPSA) is 49.9 Å². The Bertz CT molecular complexity index is 561. The van der Waals surface area contributed by atoms with Crippen molar-refractivity contribution in [2.75, 3.05) is 37.7 Å². The lowest BCUT2D eigenvalue weighted by molar-refractivity contribution is -0.143. The third-order valence-corrected chi connectivity index (χ3v) is 5.45. The number of likely N-dealkylation sites (tertiary alicyclic amines) is 1. The molecule has 1 aromatic rings. The Hall–Kier alpha value is -1.69. The molecule has 2 aliphatic rings. The van der Waals surface area contributed by atoms with Crippen LogP contribution in [0.2, 0.25) is 0 Å². The van der Waals surface area contributed by atoms with Gasteiger partial charge in [-0.1, -0.05) is 18.2 Å². The summed E-state index contributed by atoms with van der Waals surface area (Å²) in [7, 11) is 0. The molecule has 3 rings (SSSR count). The number of carbonyl (C=O) groups is 2. The molecule has 2 fully saturated rings. The molecule has 2 heterocycles. The van der Waals surface area contributed by atoms with Crippen LogP contribution in [0, 0.1) is 0 Å². The third kappa shape index (κ3) is 4.23. The van der Waals surface area contributed by atoms with Crippen molar-refractivity contribution in [3.63, 3.8) is 0 Å². The first kappa shape index (κ1) is 17.1. The van der Waals surface area contributed by atoms with E-state index in [1.54, 1.807) is 4.90 Å². The Morgan fingerprint density at radius 2 is 1.88 bits per heavy atom. The summed E-state index contributed by atoms with van der Waals surface area (Å²) in [6.45, 7) is 2.64. The van der Waals surface area contributed by atoms with Gasteiger partial charge in [-0.3, -0.25) is 9.59 Å². The number of para-hydroxylation sites is 1. The molecule has 0 N–H and O–H groups in total. The molecule has 0 aromatic heterocycles. The fraction of sp³-hybridized carbons (Fsp3) is 0.556. The number of nitrogens with zero attached hydrogens (tertiary/aromatic N) is 2. The van der Waals surface area contributed by atoms with E-state index in [-0.39, 0.29) is 17.9 Å². The van der Waals surface area contributed by atoms with Gasteiger partial charge in [0.25, 0.3) is 0 Å². The maximum atomic E-state index is 12.7. The lowest BCUT2D eigenvalue weighted by Gasteiger charge is -2.32. The van der Waals surface area contributed by atoms with Crippen LogP contribution in [-0.2, 0) is 9.59 Å². The molecule has 2 saturated heterocycles. The number of amides is 2. The molecule has 24 heavy (non-hydrogen) atoms. The predicted octanol–water partition coefficient (Wildman–Crippen LogP) is 2.02. The molecule has 130 valence electrons. The van der Waals surface area contributed by atoms with Crippen LogP contribution in [0.5, 0.6) is 5.75 Å². The van der Waals surface area contributed by atoms with E-state index >= 15 is 0 Å². The van der Waals surface area contributed by atoms with Gasteiger partial charge in [0.2, 0.25) is 11.8 Å². The number of hydrogen-bond acceptors (Lipinski definition) is 4. The lowest BCUT2D eigenvalue weighted by atomic mass is 10.2. The molecular formula is C18H24N2O3S. The fourth-order valence-corrected chi connectivity index (χ4v) is 4.14. The number of ether oxygens (including phenoxy) is 1. The summed E-state index contributed by atoms with van der Waals surface area (Å²) in [6.07, 6.45) is 2.01. The molecule has 0 bridgehead atoms. The van der Waals surface area contributed by atoms with Crippen molar-refractivity contribution in [3.8, 4) is 5.75 Å². The molecule has 0 aliphatic carbocycles. The average Bonchev–Trinajstić information content (AvgIpc) is 3.12. The second-order valence-electron chi connectivity index (χ2n) is 6.09. The standard InChI is InChI=1S/C18H24N2O3S/c21-17(8-12-23-15-5-2-1-3-6-15)20-9-4-7-16(20)18(22)19-10-13-24-14-11-19/h1-3,5-6,16H,4,7-14H2/t16-/m0/s1. The largest absolute Gasteiger partial charge is 0.493 e. The van der Waals surface area contributed by atoms with Crippen molar-refractivity contribution in [2.24, 2.45) is 0 Å². The molecular weight excluding hydrogens is 324 g/mol. The minimum absolute atomic E-state index is 0.0214. The van der Waals surface area contributed by atoms with E-state index in [1.165, 1.54) is 0 Å². The second kappa shape index (κ2) is 8.42. The lowest BCUT2D eigenvalue weighted by Crippen LogP contribution is -2.50. The van der Waals surface area contributed by atoms with Gasteiger partial charge >= 0.3 is 0 Å². The highest BCUT2D eigenvalue weighted by Crippen LogP contribution is 2.22. The Morgan fingerprint density at radius 1 is 1.12 bits per heavy atom. The van der Waals surface area contributed by atoms with Crippen molar-refractivity contribution in [3.05, 3.63) is 30.3 Å². The van der Waals surface area contributed by atoms with Gasteiger partial charge in [0, 0.05) is 31.1 Å². The number of hydrogen-bond donors (Lipinski definition) is 0. The smallest absolute Gasteiger partial charge is 0.245 e. The Balaban J connectivity index is 1.50. The molecule has 0 spiro atoms. The summed E-state index contributed by atoms with van der Waals surface area (Å²) in [5, 5.41) is 0. The first-order valence-electron chi connectivity index (χ1n) is 8.59. The van der Waals surface area contributed by atoms with Crippen molar-refractivity contribution in [1.29, 1.82) is 0 Å². The van der Waals surface area contributed by atoms with E-state index in [0.717, 1.165) is 43.2 Å². The summed E-state index contributed by atoms with van der Waals surface area (Å²) in [6, 6.07) is 9.23. The quantitative estimate of drug-likeness (QED) is 0.817. The number of thioether (sulfide) groups is 1. The highest BCUT2D eigenvalue weighted by molar-refractivity contribution is 7.99. The summed E-state index contributed by atoms with van der Waals surface area (Å²) in [4.78, 5) is 28.9. The molecule has 0 unspecified atom stereocenters. The van der Waals surface area contributed by atoms with Gasteiger partial charge in [-0.25, -0.2) is 0 Å². The predicted molar refractivity (Wildman–Crippen MR) is 95.2 cm³/mol. The van der Waals surface area contributed by atoms with E-state index in [1.807, 2.05) is 47.0 Å². The first-order chi connectivity index (χ1) is 11.8. The molecule has 2 aliphatic heterocycles. The van der Waals surface area contributed by atoms with Gasteiger partial charge < -0.3 is 14.5 Å². The number of benzene rings is 1. The zero-order valence-electron chi connectivity index (χ0n) is 13.9. The highest BCUT2D eigenvalue weighted by atomic mass is 32.2. The minimum Gasteiger partial charge on any atom is -0.493 e. The van der Waals surface area contributed by atoms with Crippen LogP contribution in [0.1, 0.15) is 19.3 Å². The monoisotopic (exact) mass is 348 g/mol. The molecule has 6 heteroatoms. The third-order valence-electron chi connectivity index (χ3n) is 4.51. The van der Waals surface area contributed by atoms with Crippen molar-refractivity contribution in [1.82, 2.24) is 9.80 Å². The SMILES string of the molecule is O=C([C@@H]1CCCN1C(=O)CCOc1ccccc1)N1CCSCC1. The minimum atomic E-state index is -0.266. The van der Waals surface area contributed by atoms with E-state index < -0.39 is 0 Å². The Morgan fingerprint density at radius 3 is 2.62 bits per heavy atom. The van der Waals surface area contributed by atoms with Crippen molar-refractivity contribution < 1.29 is 14.3 Å². The number of carbonyl (C=O) groups excluding carboxylic acids is 2. The Kier molecular flexibility index (Phi) is 6.01. The maximum absolute atomic E-state index is 12.7. The van der Waals surface area contributed by atoms with Crippen LogP contribution >= 0.6 is 11.8 Å². The van der Waals surface area contributed by atoms with Gasteiger partial charge in [-0.05, 0) is 25.0 Å². The van der Waals surface area contributed by atoms with Gasteiger partial charge in [-0.15, -0.1) is 0 Å². The van der Waals surface area contributed by atoms with Gasteiger partial charge in [0.15, 0.2) is 0 Å². The average molecular weight is 348 g/mol. The molecule has 1 atom stereocenters. The van der Waals surface area contributed by atoms with E-state index in [9.17, 15) is 9.59 Å². The fourth-order valence-electron chi connectivity index (χ4n) is 3.23. The molecule has 5 nitrogen and oxygen atoms in total. The summed E-state index contributed by atoms with van der Waals surface area (Å²) >= 11 is 1.88. The molecule has 0 radical (unpaired) electrons. The number of rotatable bonds is 5. The second-order valence-corrected chi connectivity index (χ2v) is 7.32.